The highest BCUT2D eigenvalue weighted by molar-refractivity contribution is 5.92. The molecule has 98 valence electrons. The molecule has 5 nitrogen and oxygen atoms in total. The van der Waals surface area contributed by atoms with Crippen molar-refractivity contribution in [2.75, 3.05) is 19.6 Å². The van der Waals surface area contributed by atoms with Crippen LogP contribution >= 0.6 is 0 Å². The van der Waals surface area contributed by atoms with Crippen LogP contribution in [0.25, 0.3) is 0 Å². The fourth-order valence-corrected chi connectivity index (χ4v) is 2.65. The summed E-state index contributed by atoms with van der Waals surface area (Å²) >= 11 is 0. The minimum atomic E-state index is 0.119. The van der Waals surface area contributed by atoms with Gasteiger partial charge in [0.05, 0.1) is 12.5 Å². The molecule has 1 aromatic heterocycles. The van der Waals surface area contributed by atoms with E-state index in [0.717, 1.165) is 32.5 Å². The van der Waals surface area contributed by atoms with Crippen LogP contribution in [0, 0.1) is 5.92 Å². The van der Waals surface area contributed by atoms with Gasteiger partial charge in [-0.1, -0.05) is 0 Å². The maximum atomic E-state index is 12.4. The topological polar surface area (TPSA) is 61.0 Å². The zero-order valence-electron chi connectivity index (χ0n) is 10.6. The van der Waals surface area contributed by atoms with E-state index in [-0.39, 0.29) is 5.91 Å². The van der Waals surface area contributed by atoms with E-state index in [1.807, 2.05) is 0 Å². The molecule has 0 radical (unpaired) electrons. The zero-order valence-corrected chi connectivity index (χ0v) is 10.6. The van der Waals surface area contributed by atoms with Gasteiger partial charge < -0.3 is 15.2 Å². The van der Waals surface area contributed by atoms with Crippen molar-refractivity contribution in [2.24, 2.45) is 5.92 Å². The van der Waals surface area contributed by atoms with Crippen LogP contribution in [-0.4, -0.2) is 46.5 Å². The first-order valence-electron chi connectivity index (χ1n) is 6.84. The van der Waals surface area contributed by atoms with E-state index in [2.05, 4.69) is 20.2 Å². The molecule has 1 aromatic rings. The SMILES string of the molecule is O=C(c1cnc[nH]1)N(CC1CCNCC1)C1CC1. The number of imidazole rings is 1. The molecule has 2 N–H and O–H groups in total. The monoisotopic (exact) mass is 248 g/mol. The largest absolute Gasteiger partial charge is 0.341 e. The number of nitrogens with one attached hydrogen (secondary N) is 2. The fraction of sp³-hybridized carbons (Fsp3) is 0.692. The van der Waals surface area contributed by atoms with Gasteiger partial charge in [0.15, 0.2) is 0 Å². The van der Waals surface area contributed by atoms with E-state index in [1.165, 1.54) is 12.8 Å². The number of H-pyrrole nitrogens is 1. The third kappa shape index (κ3) is 2.56. The van der Waals surface area contributed by atoms with Gasteiger partial charge in [0.2, 0.25) is 0 Å². The predicted octanol–water partition coefficient (Wildman–Crippen LogP) is 1.01. The lowest BCUT2D eigenvalue weighted by Crippen LogP contribution is -2.40. The van der Waals surface area contributed by atoms with Gasteiger partial charge in [0, 0.05) is 12.6 Å². The first kappa shape index (κ1) is 11.7. The molecule has 0 bridgehead atoms. The second-order valence-corrected chi connectivity index (χ2v) is 5.35. The highest BCUT2D eigenvalue weighted by Gasteiger charge is 2.35. The Morgan fingerprint density at radius 2 is 2.11 bits per heavy atom. The molecule has 0 spiro atoms. The summed E-state index contributed by atoms with van der Waals surface area (Å²) in [5.74, 6) is 0.771. The van der Waals surface area contributed by atoms with Crippen LogP contribution in [0.3, 0.4) is 0 Å². The summed E-state index contributed by atoms with van der Waals surface area (Å²) < 4.78 is 0. The van der Waals surface area contributed by atoms with E-state index in [0.29, 0.717) is 17.7 Å². The van der Waals surface area contributed by atoms with E-state index < -0.39 is 0 Å². The van der Waals surface area contributed by atoms with Crippen molar-refractivity contribution in [2.45, 2.75) is 31.7 Å². The fourth-order valence-electron chi connectivity index (χ4n) is 2.65. The van der Waals surface area contributed by atoms with Crippen molar-refractivity contribution in [1.29, 1.82) is 0 Å². The molecule has 2 fully saturated rings. The van der Waals surface area contributed by atoms with Crippen LogP contribution in [-0.2, 0) is 0 Å². The summed E-state index contributed by atoms with van der Waals surface area (Å²) in [5.41, 5.74) is 0.621. The second kappa shape index (κ2) is 5.10. The number of amides is 1. The smallest absolute Gasteiger partial charge is 0.272 e. The van der Waals surface area contributed by atoms with Gasteiger partial charge in [-0.2, -0.15) is 0 Å². The summed E-state index contributed by atoms with van der Waals surface area (Å²) in [6.45, 7) is 3.08. The average molecular weight is 248 g/mol. The number of carbonyl (C=O) groups is 1. The van der Waals surface area contributed by atoms with Gasteiger partial charge in [-0.25, -0.2) is 4.98 Å². The van der Waals surface area contributed by atoms with Crippen molar-refractivity contribution < 1.29 is 4.79 Å². The average Bonchev–Trinajstić information content (AvgIpc) is 3.10. The van der Waals surface area contributed by atoms with Crippen LogP contribution < -0.4 is 5.32 Å². The van der Waals surface area contributed by atoms with E-state index >= 15 is 0 Å². The number of nitrogens with zero attached hydrogens (tertiary/aromatic N) is 2. The number of piperidine rings is 1. The Kier molecular flexibility index (Phi) is 3.32. The van der Waals surface area contributed by atoms with Crippen molar-refractivity contribution in [3.63, 3.8) is 0 Å². The molecule has 3 rings (SSSR count). The Bertz CT molecular complexity index is 393. The van der Waals surface area contributed by atoms with Gasteiger partial charge in [-0.05, 0) is 44.7 Å². The van der Waals surface area contributed by atoms with Crippen LogP contribution in [0.15, 0.2) is 12.5 Å². The Hall–Kier alpha value is -1.36. The Labute approximate surface area is 107 Å². The minimum absolute atomic E-state index is 0.119. The summed E-state index contributed by atoms with van der Waals surface area (Å²) in [4.78, 5) is 21.3. The van der Waals surface area contributed by atoms with Crippen molar-refractivity contribution >= 4 is 5.91 Å². The van der Waals surface area contributed by atoms with Crippen molar-refractivity contribution in [3.05, 3.63) is 18.2 Å². The van der Waals surface area contributed by atoms with Gasteiger partial charge >= 0.3 is 0 Å². The van der Waals surface area contributed by atoms with E-state index in [9.17, 15) is 4.79 Å². The van der Waals surface area contributed by atoms with E-state index in [4.69, 9.17) is 0 Å². The highest BCUT2D eigenvalue weighted by Crippen LogP contribution is 2.30. The highest BCUT2D eigenvalue weighted by atomic mass is 16.2. The molecular weight excluding hydrogens is 228 g/mol. The van der Waals surface area contributed by atoms with Crippen LogP contribution in [0.2, 0.25) is 0 Å². The lowest BCUT2D eigenvalue weighted by atomic mass is 9.97. The van der Waals surface area contributed by atoms with Gasteiger partial charge in [0.25, 0.3) is 5.91 Å². The van der Waals surface area contributed by atoms with E-state index in [1.54, 1.807) is 12.5 Å². The lowest BCUT2D eigenvalue weighted by Gasteiger charge is -2.30. The molecule has 0 atom stereocenters. The molecular formula is C13H20N4O. The Morgan fingerprint density at radius 1 is 1.33 bits per heavy atom. The van der Waals surface area contributed by atoms with Crippen LogP contribution in [0.5, 0.6) is 0 Å². The summed E-state index contributed by atoms with van der Waals surface area (Å²) in [6.07, 6.45) is 7.87. The maximum Gasteiger partial charge on any atom is 0.272 e. The summed E-state index contributed by atoms with van der Waals surface area (Å²) in [5, 5.41) is 3.37. The quantitative estimate of drug-likeness (QED) is 0.836. The van der Waals surface area contributed by atoms with Gasteiger partial charge in [-0.15, -0.1) is 0 Å². The van der Waals surface area contributed by atoms with Crippen LogP contribution in [0.1, 0.15) is 36.2 Å². The first-order chi connectivity index (χ1) is 8.84. The lowest BCUT2D eigenvalue weighted by molar-refractivity contribution is 0.0696. The third-order valence-corrected chi connectivity index (χ3v) is 3.89. The molecule has 1 saturated heterocycles. The van der Waals surface area contributed by atoms with Crippen molar-refractivity contribution in [1.82, 2.24) is 20.2 Å². The number of carbonyl (C=O) groups excluding carboxylic acids is 1. The number of aromatic amines is 1. The molecule has 2 aliphatic rings. The molecule has 18 heavy (non-hydrogen) atoms. The third-order valence-electron chi connectivity index (χ3n) is 3.89. The zero-order chi connectivity index (χ0) is 12.4. The minimum Gasteiger partial charge on any atom is -0.341 e. The van der Waals surface area contributed by atoms with Crippen LogP contribution in [0.4, 0.5) is 0 Å². The maximum absolute atomic E-state index is 12.4. The molecule has 1 amide bonds. The molecule has 0 unspecified atom stereocenters. The summed E-state index contributed by atoms with van der Waals surface area (Å²) in [6, 6.07) is 0.468. The van der Waals surface area contributed by atoms with Crippen molar-refractivity contribution in [3.8, 4) is 0 Å². The normalized spacial score (nSPS) is 20.9. The second-order valence-electron chi connectivity index (χ2n) is 5.35. The predicted molar refractivity (Wildman–Crippen MR) is 68.2 cm³/mol. The number of hydrogen-bond acceptors (Lipinski definition) is 3. The molecule has 0 aromatic carbocycles. The molecule has 1 aliphatic heterocycles. The first-order valence-corrected chi connectivity index (χ1v) is 6.84. The standard InChI is InChI=1S/C13H20N4O/c18-13(12-7-15-9-16-12)17(11-1-2-11)8-10-3-5-14-6-4-10/h7,9-11,14H,1-6,8H2,(H,15,16). The number of aromatic nitrogens is 2. The molecule has 5 heteroatoms. The Balaban J connectivity index is 1.66. The Morgan fingerprint density at radius 3 is 2.72 bits per heavy atom. The van der Waals surface area contributed by atoms with Gasteiger partial charge in [-0.3, -0.25) is 4.79 Å². The molecule has 1 saturated carbocycles. The summed E-state index contributed by atoms with van der Waals surface area (Å²) in [7, 11) is 0. The van der Waals surface area contributed by atoms with Gasteiger partial charge in [0.1, 0.15) is 5.69 Å². The molecule has 1 aliphatic carbocycles. The number of hydrogen-bond donors (Lipinski definition) is 2. The number of rotatable bonds is 4. The molecule has 2 heterocycles.